The molecule has 0 fully saturated rings. The van der Waals surface area contributed by atoms with Crippen molar-refractivity contribution in [2.24, 2.45) is 5.10 Å². The Morgan fingerprint density at radius 2 is 1.71 bits per heavy atom. The van der Waals surface area contributed by atoms with Gasteiger partial charge < -0.3 is 0 Å². The van der Waals surface area contributed by atoms with Crippen molar-refractivity contribution in [3.05, 3.63) is 88.3 Å². The highest BCUT2D eigenvalue weighted by molar-refractivity contribution is 6.06. The van der Waals surface area contributed by atoms with E-state index >= 15 is 0 Å². The molecule has 0 aliphatic rings. The van der Waals surface area contributed by atoms with Gasteiger partial charge in [0.1, 0.15) is 0 Å². The summed E-state index contributed by atoms with van der Waals surface area (Å²) < 4.78 is 1.38. The van der Waals surface area contributed by atoms with Crippen molar-refractivity contribution in [3.63, 3.8) is 0 Å². The molecule has 0 spiro atoms. The Bertz CT molecular complexity index is 1350. The maximum absolute atomic E-state index is 12.9. The Labute approximate surface area is 180 Å². The number of carbonyl (C=O) groups is 1. The van der Waals surface area contributed by atoms with Crippen LogP contribution in [0.5, 0.6) is 0 Å². The molecule has 0 atom stereocenters. The number of nitrogens with zero attached hydrogens (tertiary/aromatic N) is 3. The first-order chi connectivity index (χ1) is 15.1. The van der Waals surface area contributed by atoms with Crippen molar-refractivity contribution in [3.8, 4) is 0 Å². The summed E-state index contributed by atoms with van der Waals surface area (Å²) in [5.74, 6) is -0.443. The van der Waals surface area contributed by atoms with Crippen molar-refractivity contribution in [2.75, 3.05) is 0 Å². The molecule has 1 heterocycles. The quantitative estimate of drug-likeness (QED) is 0.374. The molecule has 156 valence electrons. The van der Waals surface area contributed by atoms with Gasteiger partial charge in [0.15, 0.2) is 5.69 Å². The third-order valence-corrected chi connectivity index (χ3v) is 5.30. The predicted molar refractivity (Wildman–Crippen MR) is 125 cm³/mol. The molecule has 4 rings (SSSR count). The second kappa shape index (κ2) is 8.92. The number of nitrogens with one attached hydrogen (secondary N) is 1. The number of aromatic nitrogens is 2. The summed E-state index contributed by atoms with van der Waals surface area (Å²) in [7, 11) is 0. The number of hydrogen-bond donors (Lipinski definition) is 1. The zero-order valence-electron chi connectivity index (χ0n) is 17.6. The van der Waals surface area contributed by atoms with Crippen molar-refractivity contribution < 1.29 is 4.79 Å². The van der Waals surface area contributed by atoms with E-state index < -0.39 is 5.91 Å². The second-order valence-electron chi connectivity index (χ2n) is 7.48. The summed E-state index contributed by atoms with van der Waals surface area (Å²) in [6, 6.07) is 21.2. The smallest absolute Gasteiger partial charge is 0.267 e. The van der Waals surface area contributed by atoms with Crippen LogP contribution in [0.4, 0.5) is 0 Å². The molecule has 6 nitrogen and oxygen atoms in total. The van der Waals surface area contributed by atoms with E-state index in [1.54, 1.807) is 24.3 Å². The molecule has 31 heavy (non-hydrogen) atoms. The number of unbranched alkanes of at least 4 members (excludes halogenated alkanes) is 1. The van der Waals surface area contributed by atoms with Crippen LogP contribution < -0.4 is 11.0 Å². The number of hydrazone groups is 1. The lowest BCUT2D eigenvalue weighted by Gasteiger charge is -2.10. The predicted octanol–water partition coefficient (Wildman–Crippen LogP) is 4.50. The first kappa shape index (κ1) is 20.5. The molecule has 0 saturated heterocycles. The van der Waals surface area contributed by atoms with Crippen LogP contribution in [-0.4, -0.2) is 21.4 Å². The zero-order chi connectivity index (χ0) is 21.8. The number of hydrogen-bond acceptors (Lipinski definition) is 4. The first-order valence-electron chi connectivity index (χ1n) is 10.4. The minimum atomic E-state index is -0.443. The minimum Gasteiger partial charge on any atom is -0.267 e. The molecule has 0 radical (unpaired) electrons. The van der Waals surface area contributed by atoms with Crippen LogP contribution >= 0.6 is 0 Å². The number of amides is 1. The van der Waals surface area contributed by atoms with E-state index in [9.17, 15) is 9.59 Å². The Morgan fingerprint density at radius 3 is 2.48 bits per heavy atom. The van der Waals surface area contributed by atoms with Crippen LogP contribution in [0.1, 0.15) is 42.7 Å². The number of benzene rings is 3. The Balaban J connectivity index is 1.65. The van der Waals surface area contributed by atoms with Gasteiger partial charge in [0, 0.05) is 11.9 Å². The van der Waals surface area contributed by atoms with Crippen LogP contribution in [-0.2, 0) is 6.54 Å². The van der Waals surface area contributed by atoms with E-state index in [0.717, 1.165) is 29.2 Å². The molecular formula is C25H24N4O2. The van der Waals surface area contributed by atoms with Crippen LogP contribution in [0, 0.1) is 0 Å². The fraction of sp³-hybridized carbons (Fsp3) is 0.200. The molecule has 6 heteroatoms. The molecule has 0 aliphatic heterocycles. The number of aryl methyl sites for hydroxylation is 1. The normalized spacial score (nSPS) is 11.7. The summed E-state index contributed by atoms with van der Waals surface area (Å²) in [6.07, 6.45) is 1.74. The highest BCUT2D eigenvalue weighted by atomic mass is 16.2. The summed E-state index contributed by atoms with van der Waals surface area (Å²) in [5.41, 5.74) is 4.23. The fourth-order valence-corrected chi connectivity index (χ4v) is 3.53. The van der Waals surface area contributed by atoms with Crippen LogP contribution in [0.2, 0.25) is 0 Å². The third-order valence-electron chi connectivity index (χ3n) is 5.30. The van der Waals surface area contributed by atoms with Crippen LogP contribution in [0.3, 0.4) is 0 Å². The van der Waals surface area contributed by atoms with Gasteiger partial charge in [-0.15, -0.1) is 0 Å². The summed E-state index contributed by atoms with van der Waals surface area (Å²) in [5, 5.41) is 11.9. The topological polar surface area (TPSA) is 76.3 Å². The SMILES string of the molecule is CCCCn1nc(C(=O)N/N=C(/C)c2ccc3ccccc3c2)c2ccccc2c1=O. The average Bonchev–Trinajstić information content (AvgIpc) is 2.81. The van der Waals surface area contributed by atoms with Gasteiger partial charge in [-0.3, -0.25) is 9.59 Å². The van der Waals surface area contributed by atoms with E-state index in [2.05, 4.69) is 21.7 Å². The van der Waals surface area contributed by atoms with Gasteiger partial charge >= 0.3 is 0 Å². The molecule has 0 saturated carbocycles. The van der Waals surface area contributed by atoms with Gasteiger partial charge in [0.05, 0.1) is 11.1 Å². The maximum Gasteiger partial charge on any atom is 0.292 e. The van der Waals surface area contributed by atoms with Crippen molar-refractivity contribution in [1.29, 1.82) is 0 Å². The molecule has 1 N–H and O–H groups in total. The summed E-state index contributed by atoms with van der Waals surface area (Å²) in [6.45, 7) is 4.36. The van der Waals surface area contributed by atoms with Gasteiger partial charge in [0.2, 0.25) is 0 Å². The second-order valence-corrected chi connectivity index (χ2v) is 7.48. The molecule has 1 aromatic heterocycles. The van der Waals surface area contributed by atoms with E-state index in [4.69, 9.17) is 0 Å². The van der Waals surface area contributed by atoms with E-state index in [-0.39, 0.29) is 11.3 Å². The lowest BCUT2D eigenvalue weighted by atomic mass is 10.0. The molecule has 1 amide bonds. The van der Waals surface area contributed by atoms with Gasteiger partial charge in [-0.2, -0.15) is 10.2 Å². The Hall–Kier alpha value is -3.80. The molecular weight excluding hydrogens is 388 g/mol. The standard InChI is InChI=1S/C25H24N4O2/c1-3-4-15-29-25(31)22-12-8-7-11-21(22)23(28-29)24(30)27-26-17(2)19-14-13-18-9-5-6-10-20(18)16-19/h5-14,16H,3-4,15H2,1-2H3,(H,27,30)/b26-17-. The van der Waals surface area contributed by atoms with E-state index in [1.165, 1.54) is 4.68 Å². The lowest BCUT2D eigenvalue weighted by Crippen LogP contribution is -2.29. The van der Waals surface area contributed by atoms with Crippen LogP contribution in [0.15, 0.2) is 76.6 Å². The largest absolute Gasteiger partial charge is 0.292 e. The van der Waals surface area contributed by atoms with E-state index in [1.807, 2.05) is 50.2 Å². The van der Waals surface area contributed by atoms with Crippen molar-refractivity contribution in [1.82, 2.24) is 15.2 Å². The van der Waals surface area contributed by atoms with Crippen molar-refractivity contribution >= 4 is 33.2 Å². The van der Waals surface area contributed by atoms with Crippen molar-refractivity contribution in [2.45, 2.75) is 33.2 Å². The van der Waals surface area contributed by atoms with Crippen LogP contribution in [0.25, 0.3) is 21.5 Å². The van der Waals surface area contributed by atoms with Gasteiger partial charge in [-0.1, -0.05) is 67.9 Å². The molecule has 0 aliphatic carbocycles. The molecule has 4 aromatic rings. The number of fused-ring (bicyclic) bond motifs is 2. The Kier molecular flexibility index (Phi) is 5.89. The van der Waals surface area contributed by atoms with Gasteiger partial charge in [-0.25, -0.2) is 10.1 Å². The molecule has 0 bridgehead atoms. The average molecular weight is 412 g/mol. The highest BCUT2D eigenvalue weighted by Crippen LogP contribution is 2.17. The van der Waals surface area contributed by atoms with E-state index in [0.29, 0.717) is 23.0 Å². The zero-order valence-corrected chi connectivity index (χ0v) is 17.6. The molecule has 3 aromatic carbocycles. The number of carbonyl (C=O) groups excluding carboxylic acids is 1. The molecule has 0 unspecified atom stereocenters. The summed E-state index contributed by atoms with van der Waals surface area (Å²) in [4.78, 5) is 25.7. The fourth-order valence-electron chi connectivity index (χ4n) is 3.53. The first-order valence-corrected chi connectivity index (χ1v) is 10.4. The Morgan fingerprint density at radius 1 is 1.00 bits per heavy atom. The summed E-state index contributed by atoms with van der Waals surface area (Å²) >= 11 is 0. The number of rotatable bonds is 6. The van der Waals surface area contributed by atoms with Gasteiger partial charge in [-0.05, 0) is 41.8 Å². The third kappa shape index (κ3) is 4.23. The van der Waals surface area contributed by atoms with Gasteiger partial charge in [0.25, 0.3) is 11.5 Å². The maximum atomic E-state index is 12.9. The monoisotopic (exact) mass is 412 g/mol. The lowest BCUT2D eigenvalue weighted by molar-refractivity contribution is 0.0949. The highest BCUT2D eigenvalue weighted by Gasteiger charge is 2.16. The minimum absolute atomic E-state index is 0.184.